The quantitative estimate of drug-likeness (QED) is 0.642. The highest BCUT2D eigenvalue weighted by molar-refractivity contribution is 6.06. The van der Waals surface area contributed by atoms with Gasteiger partial charge in [0.15, 0.2) is 0 Å². The van der Waals surface area contributed by atoms with Gasteiger partial charge >= 0.3 is 0 Å². The van der Waals surface area contributed by atoms with Gasteiger partial charge in [0.1, 0.15) is 17.0 Å². The van der Waals surface area contributed by atoms with E-state index in [-0.39, 0.29) is 5.78 Å². The molecule has 3 rings (SSSR count). The number of rotatable bonds is 2. The monoisotopic (exact) mass is 237 g/mol. The minimum atomic E-state index is -0.114. The zero-order valence-corrected chi connectivity index (χ0v) is 9.87. The van der Waals surface area contributed by atoms with Gasteiger partial charge in [0.2, 0.25) is 5.78 Å². The number of imidazole rings is 1. The Bertz CT molecular complexity index is 730. The lowest BCUT2D eigenvalue weighted by molar-refractivity contribution is 0.102. The standard InChI is InChI=1S/C14H11N3O/c1-10-5-4-6-11(16-10)14(18)12-9-15-13-7-2-3-8-17(12)13/h2-9H,1H3. The van der Waals surface area contributed by atoms with Crippen LogP contribution in [-0.2, 0) is 0 Å². The van der Waals surface area contributed by atoms with Gasteiger partial charge in [-0.25, -0.2) is 9.97 Å². The fraction of sp³-hybridized carbons (Fsp3) is 0.0714. The van der Waals surface area contributed by atoms with E-state index in [1.807, 2.05) is 43.5 Å². The molecule has 18 heavy (non-hydrogen) atoms. The Kier molecular flexibility index (Phi) is 2.41. The van der Waals surface area contributed by atoms with Crippen LogP contribution in [0.2, 0.25) is 0 Å². The largest absolute Gasteiger partial charge is 0.297 e. The van der Waals surface area contributed by atoms with Gasteiger partial charge in [0.25, 0.3) is 0 Å². The Hall–Kier alpha value is -2.49. The summed E-state index contributed by atoms with van der Waals surface area (Å²) in [7, 11) is 0. The molecule has 0 bridgehead atoms. The molecule has 0 aromatic carbocycles. The van der Waals surface area contributed by atoms with Crippen LogP contribution in [0.4, 0.5) is 0 Å². The first-order valence-electron chi connectivity index (χ1n) is 5.66. The van der Waals surface area contributed by atoms with Crippen LogP contribution in [0.25, 0.3) is 5.65 Å². The molecule has 0 N–H and O–H groups in total. The van der Waals surface area contributed by atoms with Crippen LogP contribution in [0.15, 0.2) is 48.8 Å². The summed E-state index contributed by atoms with van der Waals surface area (Å²) in [6, 6.07) is 11.0. The molecule has 0 radical (unpaired) electrons. The lowest BCUT2D eigenvalue weighted by Crippen LogP contribution is -2.07. The molecular formula is C14H11N3O. The molecule has 3 aromatic heterocycles. The Morgan fingerprint density at radius 1 is 1.17 bits per heavy atom. The zero-order valence-electron chi connectivity index (χ0n) is 9.87. The third-order valence-corrected chi connectivity index (χ3v) is 2.77. The lowest BCUT2D eigenvalue weighted by Gasteiger charge is -2.01. The van der Waals surface area contributed by atoms with E-state index in [4.69, 9.17) is 0 Å². The molecule has 0 spiro atoms. The first-order valence-corrected chi connectivity index (χ1v) is 5.66. The van der Waals surface area contributed by atoms with Crippen LogP contribution in [0.3, 0.4) is 0 Å². The molecule has 0 aliphatic carbocycles. The predicted molar refractivity (Wildman–Crippen MR) is 67.6 cm³/mol. The molecule has 0 aliphatic heterocycles. The number of carbonyl (C=O) groups is 1. The van der Waals surface area contributed by atoms with Crippen LogP contribution in [0.5, 0.6) is 0 Å². The number of pyridine rings is 2. The Labute approximate surface area is 104 Å². The number of ketones is 1. The van der Waals surface area contributed by atoms with Crippen molar-refractivity contribution in [2.75, 3.05) is 0 Å². The van der Waals surface area contributed by atoms with Gasteiger partial charge in [-0.15, -0.1) is 0 Å². The average molecular weight is 237 g/mol. The zero-order chi connectivity index (χ0) is 12.5. The smallest absolute Gasteiger partial charge is 0.229 e. The minimum absolute atomic E-state index is 0.114. The number of hydrogen-bond acceptors (Lipinski definition) is 3. The predicted octanol–water partition coefficient (Wildman–Crippen LogP) is 2.27. The highest BCUT2D eigenvalue weighted by Crippen LogP contribution is 2.11. The lowest BCUT2D eigenvalue weighted by atomic mass is 10.2. The van der Waals surface area contributed by atoms with Crippen LogP contribution in [-0.4, -0.2) is 20.2 Å². The second-order valence-corrected chi connectivity index (χ2v) is 4.07. The Morgan fingerprint density at radius 2 is 2.06 bits per heavy atom. The highest BCUT2D eigenvalue weighted by Gasteiger charge is 2.15. The SMILES string of the molecule is Cc1cccc(C(=O)c2cnc3ccccn23)n1. The van der Waals surface area contributed by atoms with Gasteiger partial charge in [0, 0.05) is 11.9 Å². The highest BCUT2D eigenvalue weighted by atomic mass is 16.1. The van der Waals surface area contributed by atoms with Crippen molar-refractivity contribution in [2.24, 2.45) is 0 Å². The summed E-state index contributed by atoms with van der Waals surface area (Å²) in [6.45, 7) is 1.87. The number of fused-ring (bicyclic) bond motifs is 1. The van der Waals surface area contributed by atoms with Crippen molar-refractivity contribution < 1.29 is 4.79 Å². The van der Waals surface area contributed by atoms with E-state index in [1.165, 1.54) is 0 Å². The van der Waals surface area contributed by atoms with Gasteiger partial charge in [-0.2, -0.15) is 0 Å². The van der Waals surface area contributed by atoms with Gasteiger partial charge in [0.05, 0.1) is 6.20 Å². The molecule has 0 fully saturated rings. The van der Waals surface area contributed by atoms with Crippen LogP contribution in [0.1, 0.15) is 21.9 Å². The second-order valence-electron chi connectivity index (χ2n) is 4.07. The van der Waals surface area contributed by atoms with E-state index in [1.54, 1.807) is 16.7 Å². The van der Waals surface area contributed by atoms with Crippen LogP contribution >= 0.6 is 0 Å². The van der Waals surface area contributed by atoms with Gasteiger partial charge in [-0.3, -0.25) is 9.20 Å². The maximum Gasteiger partial charge on any atom is 0.229 e. The van der Waals surface area contributed by atoms with E-state index in [0.717, 1.165) is 11.3 Å². The Morgan fingerprint density at radius 3 is 2.89 bits per heavy atom. The van der Waals surface area contributed by atoms with Gasteiger partial charge < -0.3 is 0 Å². The first kappa shape index (κ1) is 10.7. The van der Waals surface area contributed by atoms with Gasteiger partial charge in [-0.05, 0) is 31.2 Å². The number of aryl methyl sites for hydroxylation is 1. The van der Waals surface area contributed by atoms with Crippen molar-refractivity contribution >= 4 is 11.4 Å². The summed E-state index contributed by atoms with van der Waals surface area (Å²) in [6.07, 6.45) is 3.41. The van der Waals surface area contributed by atoms with E-state index >= 15 is 0 Å². The van der Waals surface area contributed by atoms with E-state index in [9.17, 15) is 4.79 Å². The molecule has 3 aromatic rings. The number of carbonyl (C=O) groups excluding carboxylic acids is 1. The van der Waals surface area contributed by atoms with Gasteiger partial charge in [-0.1, -0.05) is 12.1 Å². The Balaban J connectivity index is 2.12. The normalized spacial score (nSPS) is 10.7. The van der Waals surface area contributed by atoms with Crippen molar-refractivity contribution in [2.45, 2.75) is 6.92 Å². The molecule has 0 unspecified atom stereocenters. The third kappa shape index (κ3) is 1.68. The van der Waals surface area contributed by atoms with Crippen molar-refractivity contribution in [3.8, 4) is 0 Å². The fourth-order valence-electron chi connectivity index (χ4n) is 1.90. The topological polar surface area (TPSA) is 47.3 Å². The van der Waals surface area contributed by atoms with Crippen molar-refractivity contribution in [3.05, 3.63) is 65.9 Å². The summed E-state index contributed by atoms with van der Waals surface area (Å²) in [5, 5.41) is 0. The van der Waals surface area contributed by atoms with Crippen LogP contribution < -0.4 is 0 Å². The second kappa shape index (κ2) is 4.07. The van der Waals surface area contributed by atoms with E-state index in [2.05, 4.69) is 9.97 Å². The molecule has 0 saturated heterocycles. The minimum Gasteiger partial charge on any atom is -0.297 e. The fourth-order valence-corrected chi connectivity index (χ4v) is 1.90. The molecule has 3 heterocycles. The molecule has 4 nitrogen and oxygen atoms in total. The summed E-state index contributed by atoms with van der Waals surface area (Å²) < 4.78 is 1.77. The van der Waals surface area contributed by atoms with Crippen LogP contribution in [0, 0.1) is 6.92 Å². The number of hydrogen-bond donors (Lipinski definition) is 0. The summed E-state index contributed by atoms with van der Waals surface area (Å²) in [5.41, 5.74) is 2.56. The summed E-state index contributed by atoms with van der Waals surface area (Å²) in [4.78, 5) is 20.8. The summed E-state index contributed by atoms with van der Waals surface area (Å²) >= 11 is 0. The van der Waals surface area contributed by atoms with Crippen molar-refractivity contribution in [1.29, 1.82) is 0 Å². The molecule has 0 saturated carbocycles. The number of aromatic nitrogens is 3. The molecule has 0 amide bonds. The molecule has 0 atom stereocenters. The molecular weight excluding hydrogens is 226 g/mol. The molecule has 88 valence electrons. The van der Waals surface area contributed by atoms with Crippen molar-refractivity contribution in [3.63, 3.8) is 0 Å². The maximum atomic E-state index is 12.4. The average Bonchev–Trinajstić information content (AvgIpc) is 2.82. The summed E-state index contributed by atoms with van der Waals surface area (Å²) in [5.74, 6) is -0.114. The maximum absolute atomic E-state index is 12.4. The number of nitrogens with zero attached hydrogens (tertiary/aromatic N) is 3. The van der Waals surface area contributed by atoms with E-state index in [0.29, 0.717) is 11.4 Å². The van der Waals surface area contributed by atoms with E-state index < -0.39 is 0 Å². The third-order valence-electron chi connectivity index (χ3n) is 2.77. The molecule has 4 heteroatoms. The van der Waals surface area contributed by atoms with Crippen molar-refractivity contribution in [1.82, 2.24) is 14.4 Å². The molecule has 0 aliphatic rings. The first-order chi connectivity index (χ1) is 8.75.